The third-order valence-electron chi connectivity index (χ3n) is 1.46. The molecule has 18 heavy (non-hydrogen) atoms. The fraction of sp³-hybridized carbons (Fsp3) is 0.727. The Kier molecular flexibility index (Phi) is 17.5. The van der Waals surface area contributed by atoms with Crippen molar-refractivity contribution in [2.45, 2.75) is 13.3 Å². The first-order valence-corrected chi connectivity index (χ1v) is 6.60. The second-order valence-electron chi connectivity index (χ2n) is 3.39. The van der Waals surface area contributed by atoms with Crippen molar-refractivity contribution in [1.29, 1.82) is 0 Å². The number of rotatable bonds is 8. The molecule has 0 heterocycles. The minimum Gasteiger partial charge on any atom is -0.750 e. The smallest absolute Gasteiger partial charge is 0.0892 e. The molecule has 0 N–H and O–H groups in total. The Morgan fingerprint density at radius 1 is 1.50 bits per heavy atom. The molecule has 0 aliphatic carbocycles. The second-order valence-corrected chi connectivity index (χ2v) is 4.03. The van der Waals surface area contributed by atoms with Gasteiger partial charge in [-0.05, 0) is 34.0 Å². The summed E-state index contributed by atoms with van der Waals surface area (Å²) in [5.41, 5.74) is 0. The van der Waals surface area contributed by atoms with E-state index in [9.17, 15) is 8.76 Å². The third-order valence-corrected chi connectivity index (χ3v) is 1.79. The van der Waals surface area contributed by atoms with Crippen molar-refractivity contribution in [3.8, 4) is 0 Å². The monoisotopic (exact) mass is 276 g/mol. The molecular weight excluding hydrogens is 254 g/mol. The van der Waals surface area contributed by atoms with Gasteiger partial charge in [-0.1, -0.05) is 6.08 Å². The zero-order valence-corrected chi connectivity index (χ0v) is 12.1. The first-order valence-electron chi connectivity index (χ1n) is 5.60. The van der Waals surface area contributed by atoms with Crippen LogP contribution in [-0.2, 0) is 15.5 Å². The molecule has 7 heteroatoms. The first-order chi connectivity index (χ1) is 8.54. The van der Waals surface area contributed by atoms with Crippen LogP contribution in [0.3, 0.4) is 0 Å². The molecule has 0 aromatic heterocycles. The molecule has 0 aliphatic heterocycles. The number of hydrogen-bond donors (Lipinski definition) is 0. The van der Waals surface area contributed by atoms with Gasteiger partial charge in [-0.25, -0.2) is 14.2 Å². The zero-order chi connectivity index (χ0) is 14.2. The largest absolute Gasteiger partial charge is 0.750 e. The molecule has 1 unspecified atom stereocenters. The number of aliphatic imine (C=N–C) groups is 2. The summed E-state index contributed by atoms with van der Waals surface area (Å²) >= 11 is -2.39. The van der Waals surface area contributed by atoms with Crippen LogP contribution >= 0.6 is 0 Å². The predicted molar refractivity (Wildman–Crippen MR) is 73.5 cm³/mol. The fourth-order valence-electron chi connectivity index (χ4n) is 0.740. The zero-order valence-electron chi connectivity index (χ0n) is 11.3. The van der Waals surface area contributed by atoms with E-state index in [-0.39, 0.29) is 6.61 Å². The van der Waals surface area contributed by atoms with E-state index in [1.165, 1.54) is 6.08 Å². The Labute approximate surface area is 112 Å². The molecule has 0 radical (unpaired) electrons. The molecule has 1 atom stereocenters. The fourth-order valence-corrected chi connectivity index (χ4v) is 0.948. The van der Waals surface area contributed by atoms with Crippen LogP contribution in [-0.4, -0.2) is 60.0 Å². The molecule has 6 nitrogen and oxygen atoms in total. The maximum Gasteiger partial charge on any atom is 0.0892 e. The Morgan fingerprint density at radius 2 is 2.17 bits per heavy atom. The molecule has 0 aromatic rings. The van der Waals surface area contributed by atoms with Gasteiger partial charge in [0.25, 0.3) is 0 Å². The Morgan fingerprint density at radius 3 is 2.56 bits per heavy atom. The van der Waals surface area contributed by atoms with Crippen LogP contribution in [0.2, 0.25) is 0 Å². The van der Waals surface area contributed by atoms with Crippen LogP contribution in [0.15, 0.2) is 22.6 Å². The molecule has 0 fully saturated rings. The maximum absolute atomic E-state index is 9.49. The summed E-state index contributed by atoms with van der Waals surface area (Å²) in [6.07, 6.45) is 2.44. The van der Waals surface area contributed by atoms with Gasteiger partial charge >= 0.3 is 0 Å². The van der Waals surface area contributed by atoms with Crippen LogP contribution in [0, 0.1) is 0 Å². The lowest BCUT2D eigenvalue weighted by Gasteiger charge is -2.05. The predicted octanol–water partition coefficient (Wildman–Crippen LogP) is 1.11. The SMILES string of the molecule is C=CCOS(=O)[O-].CCN=C=NCCCN(C)C. The van der Waals surface area contributed by atoms with Crippen molar-refractivity contribution in [3.63, 3.8) is 0 Å². The Balaban J connectivity index is 0. The molecule has 0 saturated carbocycles. The highest BCUT2D eigenvalue weighted by molar-refractivity contribution is 7.74. The standard InChI is InChI=1S/C8H17N3.C3H6O3S/c1-4-9-8-10-6-5-7-11(2)3;1-2-3-6-7(4)5/h4-7H2,1-3H3;2H,1,3H2,(H,4,5)/p-1. The summed E-state index contributed by atoms with van der Waals surface area (Å²) in [7, 11) is 4.12. The van der Waals surface area contributed by atoms with Gasteiger partial charge in [-0.3, -0.25) is 4.18 Å². The molecule has 0 spiro atoms. The highest BCUT2D eigenvalue weighted by Crippen LogP contribution is 1.82. The van der Waals surface area contributed by atoms with E-state index in [4.69, 9.17) is 0 Å². The maximum atomic E-state index is 9.49. The van der Waals surface area contributed by atoms with E-state index in [1.54, 1.807) is 0 Å². The van der Waals surface area contributed by atoms with Gasteiger partial charge in [-0.2, -0.15) is 0 Å². The lowest BCUT2D eigenvalue weighted by Crippen LogP contribution is -2.13. The van der Waals surface area contributed by atoms with Crippen LogP contribution in [0.5, 0.6) is 0 Å². The molecule has 0 aliphatic rings. The van der Waals surface area contributed by atoms with Gasteiger partial charge in [0.15, 0.2) is 0 Å². The molecule has 0 rings (SSSR count). The normalized spacial score (nSPS) is 10.9. The molecular formula is C11H22N3O3S-. The van der Waals surface area contributed by atoms with Gasteiger partial charge in [0.1, 0.15) is 0 Å². The van der Waals surface area contributed by atoms with Gasteiger partial charge < -0.3 is 9.45 Å². The van der Waals surface area contributed by atoms with Crippen LogP contribution < -0.4 is 0 Å². The minimum atomic E-state index is -2.39. The Bertz CT molecular complexity index is 277. The highest BCUT2D eigenvalue weighted by Gasteiger charge is 1.86. The summed E-state index contributed by atoms with van der Waals surface area (Å²) in [6.45, 7) is 7.95. The summed E-state index contributed by atoms with van der Waals surface area (Å²) in [5, 5.41) is 0. The molecule has 0 saturated heterocycles. The van der Waals surface area contributed by atoms with Crippen molar-refractivity contribution in [2.24, 2.45) is 9.98 Å². The minimum absolute atomic E-state index is 0.0517. The number of hydrogen-bond acceptors (Lipinski definition) is 6. The van der Waals surface area contributed by atoms with Gasteiger partial charge in [0, 0.05) is 6.54 Å². The molecule has 0 amide bonds. The lowest BCUT2D eigenvalue weighted by molar-refractivity contribution is 0.334. The van der Waals surface area contributed by atoms with Gasteiger partial charge in [0.05, 0.1) is 30.5 Å². The summed E-state index contributed by atoms with van der Waals surface area (Å²) in [4.78, 5) is 9.99. The first kappa shape index (κ1) is 19.5. The van der Waals surface area contributed by atoms with E-state index in [0.29, 0.717) is 0 Å². The van der Waals surface area contributed by atoms with Gasteiger partial charge in [0.2, 0.25) is 0 Å². The second kappa shape index (κ2) is 16.1. The van der Waals surface area contributed by atoms with Crippen molar-refractivity contribution >= 4 is 17.4 Å². The van der Waals surface area contributed by atoms with Crippen LogP contribution in [0.25, 0.3) is 0 Å². The Hall–Kier alpha value is -0.850. The quantitative estimate of drug-likeness (QED) is 0.288. The van der Waals surface area contributed by atoms with E-state index in [1.807, 2.05) is 6.92 Å². The summed E-state index contributed by atoms with van der Waals surface area (Å²) in [6, 6.07) is 2.64. The summed E-state index contributed by atoms with van der Waals surface area (Å²) < 4.78 is 23.0. The average Bonchev–Trinajstić information content (AvgIpc) is 2.31. The highest BCUT2D eigenvalue weighted by atomic mass is 32.2. The van der Waals surface area contributed by atoms with Crippen molar-refractivity contribution in [3.05, 3.63) is 12.7 Å². The van der Waals surface area contributed by atoms with E-state index in [0.717, 1.165) is 26.1 Å². The molecule has 106 valence electrons. The average molecular weight is 276 g/mol. The van der Waals surface area contributed by atoms with Crippen molar-refractivity contribution in [1.82, 2.24) is 4.90 Å². The van der Waals surface area contributed by atoms with E-state index >= 15 is 0 Å². The van der Waals surface area contributed by atoms with Crippen molar-refractivity contribution < 1.29 is 12.9 Å². The van der Waals surface area contributed by atoms with E-state index < -0.39 is 11.4 Å². The lowest BCUT2D eigenvalue weighted by atomic mass is 10.4. The van der Waals surface area contributed by atoms with E-state index in [2.05, 4.69) is 45.8 Å². The topological polar surface area (TPSA) is 77.3 Å². The van der Waals surface area contributed by atoms with Crippen molar-refractivity contribution in [2.75, 3.05) is 40.3 Å². The number of nitrogens with zero attached hydrogens (tertiary/aromatic N) is 3. The third kappa shape index (κ3) is 24.4. The molecule has 0 aromatic carbocycles. The van der Waals surface area contributed by atoms with Gasteiger partial charge in [-0.15, -0.1) is 6.58 Å². The van der Waals surface area contributed by atoms with Crippen LogP contribution in [0.4, 0.5) is 0 Å². The van der Waals surface area contributed by atoms with Crippen LogP contribution in [0.1, 0.15) is 13.3 Å². The summed E-state index contributed by atoms with van der Waals surface area (Å²) in [5.74, 6) is 0. The molecule has 0 bridgehead atoms.